The minimum absolute atomic E-state index is 0.513. The SMILES string of the molecule is N#Cc1c(Cl)cccc1NCCC1=CCCCC1. The largest absolute Gasteiger partial charge is 0.384 e. The number of nitriles is 1. The fraction of sp³-hybridized carbons (Fsp3) is 0.400. The van der Waals surface area contributed by atoms with Crippen molar-refractivity contribution in [2.24, 2.45) is 0 Å². The summed E-state index contributed by atoms with van der Waals surface area (Å²) >= 11 is 5.98. The third kappa shape index (κ3) is 3.27. The van der Waals surface area contributed by atoms with E-state index >= 15 is 0 Å². The van der Waals surface area contributed by atoms with Crippen LogP contribution < -0.4 is 5.32 Å². The van der Waals surface area contributed by atoms with Crippen LogP contribution in [-0.2, 0) is 0 Å². The van der Waals surface area contributed by atoms with Crippen LogP contribution in [-0.4, -0.2) is 6.54 Å². The molecule has 0 amide bonds. The Bertz CT molecular complexity index is 486. The van der Waals surface area contributed by atoms with Crippen LogP contribution in [0.15, 0.2) is 29.8 Å². The summed E-state index contributed by atoms with van der Waals surface area (Å²) in [5, 5.41) is 12.9. The van der Waals surface area contributed by atoms with Crippen molar-refractivity contribution in [3.63, 3.8) is 0 Å². The molecule has 0 spiro atoms. The number of hydrogen-bond acceptors (Lipinski definition) is 2. The Hall–Kier alpha value is -1.46. The van der Waals surface area contributed by atoms with Gasteiger partial charge in [-0.15, -0.1) is 0 Å². The molecule has 2 nitrogen and oxygen atoms in total. The third-order valence-corrected chi connectivity index (χ3v) is 3.59. The minimum atomic E-state index is 0.513. The quantitative estimate of drug-likeness (QED) is 0.809. The Kier molecular flexibility index (Phi) is 4.66. The fourth-order valence-corrected chi connectivity index (χ4v) is 2.49. The molecule has 0 heterocycles. The first-order valence-corrected chi connectivity index (χ1v) is 6.79. The zero-order valence-electron chi connectivity index (χ0n) is 10.4. The molecule has 0 aliphatic heterocycles. The van der Waals surface area contributed by atoms with Gasteiger partial charge in [0, 0.05) is 6.54 Å². The van der Waals surface area contributed by atoms with E-state index in [1.165, 1.54) is 31.3 Å². The van der Waals surface area contributed by atoms with Crippen molar-refractivity contribution in [3.8, 4) is 6.07 Å². The first-order chi connectivity index (χ1) is 8.81. The summed E-state index contributed by atoms with van der Waals surface area (Å²) in [6.07, 6.45) is 8.49. The molecule has 0 fully saturated rings. The molecule has 1 aromatic carbocycles. The van der Waals surface area contributed by atoms with Crippen molar-refractivity contribution >= 4 is 17.3 Å². The monoisotopic (exact) mass is 260 g/mol. The molecular weight excluding hydrogens is 244 g/mol. The summed E-state index contributed by atoms with van der Waals surface area (Å²) in [5.74, 6) is 0. The summed E-state index contributed by atoms with van der Waals surface area (Å²) < 4.78 is 0. The Morgan fingerprint density at radius 1 is 1.33 bits per heavy atom. The lowest BCUT2D eigenvalue weighted by Gasteiger charge is -2.14. The van der Waals surface area contributed by atoms with Gasteiger partial charge in [-0.1, -0.05) is 29.3 Å². The van der Waals surface area contributed by atoms with E-state index in [0.717, 1.165) is 18.7 Å². The maximum Gasteiger partial charge on any atom is 0.103 e. The third-order valence-electron chi connectivity index (χ3n) is 3.27. The number of hydrogen-bond donors (Lipinski definition) is 1. The van der Waals surface area contributed by atoms with Gasteiger partial charge in [0.25, 0.3) is 0 Å². The van der Waals surface area contributed by atoms with E-state index in [-0.39, 0.29) is 0 Å². The molecule has 0 atom stereocenters. The predicted molar refractivity (Wildman–Crippen MR) is 75.8 cm³/mol. The highest BCUT2D eigenvalue weighted by molar-refractivity contribution is 6.32. The number of nitrogens with one attached hydrogen (secondary N) is 1. The molecule has 1 aliphatic carbocycles. The van der Waals surface area contributed by atoms with Gasteiger partial charge in [-0.05, 0) is 44.2 Å². The highest BCUT2D eigenvalue weighted by Gasteiger charge is 2.07. The number of benzene rings is 1. The van der Waals surface area contributed by atoms with Crippen LogP contribution in [0.4, 0.5) is 5.69 Å². The molecule has 3 heteroatoms. The van der Waals surface area contributed by atoms with Crippen LogP contribution in [0.3, 0.4) is 0 Å². The van der Waals surface area contributed by atoms with Gasteiger partial charge >= 0.3 is 0 Å². The van der Waals surface area contributed by atoms with E-state index in [4.69, 9.17) is 16.9 Å². The van der Waals surface area contributed by atoms with Gasteiger partial charge in [-0.2, -0.15) is 5.26 Å². The first kappa shape index (κ1) is 13.0. The summed E-state index contributed by atoms with van der Waals surface area (Å²) in [6, 6.07) is 7.66. The second-order valence-electron chi connectivity index (χ2n) is 4.56. The van der Waals surface area contributed by atoms with Crippen molar-refractivity contribution in [3.05, 3.63) is 40.4 Å². The van der Waals surface area contributed by atoms with Crippen molar-refractivity contribution in [2.45, 2.75) is 32.1 Å². The summed E-state index contributed by atoms with van der Waals surface area (Å²) in [7, 11) is 0. The number of rotatable bonds is 4. The normalized spacial score (nSPS) is 14.8. The van der Waals surface area contributed by atoms with E-state index in [0.29, 0.717) is 10.6 Å². The van der Waals surface area contributed by atoms with Gasteiger partial charge in [0.15, 0.2) is 0 Å². The lowest BCUT2D eigenvalue weighted by molar-refractivity contribution is 0.679. The molecular formula is C15H17ClN2. The van der Waals surface area contributed by atoms with Gasteiger partial charge in [0.2, 0.25) is 0 Å². The highest BCUT2D eigenvalue weighted by Crippen LogP contribution is 2.24. The van der Waals surface area contributed by atoms with Crippen LogP contribution in [0.2, 0.25) is 5.02 Å². The van der Waals surface area contributed by atoms with Gasteiger partial charge < -0.3 is 5.32 Å². The summed E-state index contributed by atoms with van der Waals surface area (Å²) in [4.78, 5) is 0. The zero-order valence-corrected chi connectivity index (χ0v) is 11.1. The topological polar surface area (TPSA) is 35.8 Å². The highest BCUT2D eigenvalue weighted by atomic mass is 35.5. The minimum Gasteiger partial charge on any atom is -0.384 e. The molecule has 1 aliphatic rings. The number of anilines is 1. The Balaban J connectivity index is 1.92. The molecule has 0 radical (unpaired) electrons. The second-order valence-corrected chi connectivity index (χ2v) is 4.97. The molecule has 18 heavy (non-hydrogen) atoms. The van der Waals surface area contributed by atoms with Crippen LogP contribution >= 0.6 is 11.6 Å². The lowest BCUT2D eigenvalue weighted by Crippen LogP contribution is -2.05. The van der Waals surface area contributed by atoms with E-state index in [9.17, 15) is 0 Å². The number of halogens is 1. The predicted octanol–water partition coefficient (Wildman–Crippen LogP) is 4.51. The van der Waals surface area contributed by atoms with E-state index < -0.39 is 0 Å². The van der Waals surface area contributed by atoms with Crippen molar-refractivity contribution < 1.29 is 0 Å². The average molecular weight is 261 g/mol. The molecule has 0 saturated heterocycles. The average Bonchev–Trinajstić information content (AvgIpc) is 2.40. The summed E-state index contributed by atoms with van der Waals surface area (Å²) in [6.45, 7) is 0.862. The number of nitrogens with zero attached hydrogens (tertiary/aromatic N) is 1. The van der Waals surface area contributed by atoms with Gasteiger partial charge in [-0.3, -0.25) is 0 Å². The van der Waals surface area contributed by atoms with Crippen LogP contribution in [0.5, 0.6) is 0 Å². The molecule has 0 unspecified atom stereocenters. The van der Waals surface area contributed by atoms with E-state index in [1.807, 2.05) is 12.1 Å². The van der Waals surface area contributed by atoms with Crippen molar-refractivity contribution in [2.75, 3.05) is 11.9 Å². The van der Waals surface area contributed by atoms with Crippen molar-refractivity contribution in [1.29, 1.82) is 5.26 Å². The van der Waals surface area contributed by atoms with E-state index in [1.54, 1.807) is 6.07 Å². The first-order valence-electron chi connectivity index (χ1n) is 6.41. The van der Waals surface area contributed by atoms with E-state index in [2.05, 4.69) is 17.5 Å². The van der Waals surface area contributed by atoms with Crippen LogP contribution in [0, 0.1) is 11.3 Å². The summed E-state index contributed by atoms with van der Waals surface area (Å²) in [5.41, 5.74) is 2.91. The Morgan fingerprint density at radius 3 is 2.94 bits per heavy atom. The van der Waals surface area contributed by atoms with Gasteiger partial charge in [-0.25, -0.2) is 0 Å². The Labute approximate surface area is 113 Å². The molecule has 1 aromatic rings. The second kappa shape index (κ2) is 6.47. The van der Waals surface area contributed by atoms with Crippen molar-refractivity contribution in [1.82, 2.24) is 0 Å². The molecule has 0 saturated carbocycles. The van der Waals surface area contributed by atoms with Crippen LogP contribution in [0.1, 0.15) is 37.7 Å². The standard InChI is InChI=1S/C15H17ClN2/c16-14-7-4-8-15(13(14)11-17)18-10-9-12-5-2-1-3-6-12/h4-5,7-8,18H,1-3,6,9-10H2. The maximum absolute atomic E-state index is 9.06. The van der Waals surface area contributed by atoms with Gasteiger partial charge in [0.05, 0.1) is 16.3 Å². The fourth-order valence-electron chi connectivity index (χ4n) is 2.27. The Morgan fingerprint density at radius 2 is 2.22 bits per heavy atom. The number of allylic oxidation sites excluding steroid dienone is 1. The lowest BCUT2D eigenvalue weighted by atomic mass is 9.97. The molecule has 0 bridgehead atoms. The zero-order chi connectivity index (χ0) is 12.8. The van der Waals surface area contributed by atoms with Crippen LogP contribution in [0.25, 0.3) is 0 Å². The molecule has 0 aromatic heterocycles. The molecule has 94 valence electrons. The smallest absolute Gasteiger partial charge is 0.103 e. The molecule has 2 rings (SSSR count). The van der Waals surface area contributed by atoms with Gasteiger partial charge in [0.1, 0.15) is 6.07 Å². The molecule has 1 N–H and O–H groups in total. The maximum atomic E-state index is 9.06.